The fourth-order valence-electron chi connectivity index (χ4n) is 2.97. The number of rotatable bonds is 4. The molecule has 1 atom stereocenters. The Kier molecular flexibility index (Phi) is 4.13. The minimum atomic E-state index is -3.49. The number of aromatic nitrogens is 2. The first-order valence-electron chi connectivity index (χ1n) is 7.45. The van der Waals surface area contributed by atoms with E-state index in [1.54, 1.807) is 21.8 Å². The molecule has 7 heteroatoms. The molecule has 0 spiro atoms. The van der Waals surface area contributed by atoms with E-state index < -0.39 is 10.0 Å². The molecule has 120 valence electrons. The lowest BCUT2D eigenvalue weighted by Gasteiger charge is -2.14. The maximum Gasteiger partial charge on any atom is 0.262 e. The molecule has 0 N–H and O–H groups in total. The van der Waals surface area contributed by atoms with Gasteiger partial charge in [-0.05, 0) is 34.7 Å². The van der Waals surface area contributed by atoms with Gasteiger partial charge in [0.05, 0.1) is 0 Å². The van der Waals surface area contributed by atoms with Crippen LogP contribution in [0.5, 0.6) is 0 Å². The fraction of sp³-hybridized carbons (Fsp3) is 0.533. The van der Waals surface area contributed by atoms with Crippen LogP contribution in [-0.2, 0) is 17.1 Å². The molecule has 1 saturated heterocycles. The van der Waals surface area contributed by atoms with E-state index in [4.69, 9.17) is 0 Å². The van der Waals surface area contributed by atoms with Crippen molar-refractivity contribution in [3.8, 4) is 0 Å². The monoisotopic (exact) mass is 339 g/mol. The van der Waals surface area contributed by atoms with Crippen LogP contribution in [0.3, 0.4) is 0 Å². The average Bonchev–Trinajstić information content (AvgIpc) is 3.18. The van der Waals surface area contributed by atoms with Crippen molar-refractivity contribution >= 4 is 21.4 Å². The Morgan fingerprint density at radius 1 is 1.41 bits per heavy atom. The first-order chi connectivity index (χ1) is 10.4. The largest absolute Gasteiger partial charge is 0.336 e. The number of nitrogens with zero attached hydrogens (tertiary/aromatic N) is 3. The summed E-state index contributed by atoms with van der Waals surface area (Å²) in [7, 11) is -1.65. The SMILES string of the molecule is CC(C)c1nc(S(=O)(=O)N2CCC(c3ccsc3)C2)cn1C. The highest BCUT2D eigenvalue weighted by Gasteiger charge is 2.35. The van der Waals surface area contributed by atoms with Gasteiger partial charge >= 0.3 is 0 Å². The Morgan fingerprint density at radius 2 is 2.18 bits per heavy atom. The Bertz CT molecular complexity index is 748. The Morgan fingerprint density at radius 3 is 2.77 bits per heavy atom. The van der Waals surface area contributed by atoms with Crippen molar-refractivity contribution in [1.82, 2.24) is 13.9 Å². The number of imidazole rings is 1. The Balaban J connectivity index is 1.83. The molecule has 0 amide bonds. The average molecular weight is 339 g/mol. The number of hydrogen-bond donors (Lipinski definition) is 0. The third kappa shape index (κ3) is 2.73. The first kappa shape index (κ1) is 15.7. The van der Waals surface area contributed by atoms with Crippen LogP contribution in [0, 0.1) is 0 Å². The highest BCUT2D eigenvalue weighted by molar-refractivity contribution is 7.89. The summed E-state index contributed by atoms with van der Waals surface area (Å²) >= 11 is 1.66. The van der Waals surface area contributed by atoms with Crippen molar-refractivity contribution < 1.29 is 8.42 Å². The molecule has 1 aliphatic rings. The van der Waals surface area contributed by atoms with E-state index in [2.05, 4.69) is 16.4 Å². The van der Waals surface area contributed by atoms with Crippen molar-refractivity contribution in [1.29, 1.82) is 0 Å². The van der Waals surface area contributed by atoms with Crippen LogP contribution >= 0.6 is 11.3 Å². The van der Waals surface area contributed by atoms with Gasteiger partial charge < -0.3 is 4.57 Å². The molecule has 5 nitrogen and oxygen atoms in total. The van der Waals surface area contributed by atoms with Gasteiger partial charge in [0.1, 0.15) is 5.82 Å². The number of hydrogen-bond acceptors (Lipinski definition) is 4. The molecule has 1 unspecified atom stereocenters. The lowest BCUT2D eigenvalue weighted by molar-refractivity contribution is 0.470. The molecule has 0 aliphatic carbocycles. The van der Waals surface area contributed by atoms with E-state index >= 15 is 0 Å². The number of aryl methyl sites for hydroxylation is 1. The van der Waals surface area contributed by atoms with Crippen LogP contribution < -0.4 is 0 Å². The van der Waals surface area contributed by atoms with Gasteiger partial charge in [0, 0.05) is 32.3 Å². The molecule has 1 fully saturated rings. The van der Waals surface area contributed by atoms with Gasteiger partial charge in [-0.1, -0.05) is 13.8 Å². The van der Waals surface area contributed by atoms with Crippen LogP contribution in [-0.4, -0.2) is 35.4 Å². The zero-order valence-electron chi connectivity index (χ0n) is 13.1. The summed E-state index contributed by atoms with van der Waals surface area (Å²) in [5.41, 5.74) is 1.24. The minimum absolute atomic E-state index is 0.171. The summed E-state index contributed by atoms with van der Waals surface area (Å²) < 4.78 is 29.0. The quantitative estimate of drug-likeness (QED) is 0.861. The van der Waals surface area contributed by atoms with Crippen molar-refractivity contribution in [2.45, 2.75) is 37.1 Å². The Hall–Kier alpha value is -1.18. The standard InChI is InChI=1S/C15H21N3O2S2/c1-11(2)15-16-14(9-17(15)3)22(19,20)18-6-4-12(8-18)13-5-7-21-10-13/h5,7,9-12H,4,6,8H2,1-3H3. The zero-order chi connectivity index (χ0) is 15.9. The van der Waals surface area contributed by atoms with E-state index in [9.17, 15) is 8.42 Å². The van der Waals surface area contributed by atoms with Gasteiger partial charge in [-0.25, -0.2) is 13.4 Å². The van der Waals surface area contributed by atoms with Gasteiger partial charge in [-0.2, -0.15) is 15.6 Å². The highest BCUT2D eigenvalue weighted by atomic mass is 32.2. The highest BCUT2D eigenvalue weighted by Crippen LogP contribution is 2.32. The lowest BCUT2D eigenvalue weighted by Crippen LogP contribution is -2.29. The second kappa shape index (κ2) is 5.79. The predicted octanol–water partition coefficient (Wildman–Crippen LogP) is 2.78. The lowest BCUT2D eigenvalue weighted by atomic mass is 10.0. The third-order valence-electron chi connectivity index (χ3n) is 4.18. The predicted molar refractivity (Wildman–Crippen MR) is 87.7 cm³/mol. The summed E-state index contributed by atoms with van der Waals surface area (Å²) in [6.45, 7) is 5.14. The molecule has 0 saturated carbocycles. The second-order valence-electron chi connectivity index (χ2n) is 6.11. The summed E-state index contributed by atoms with van der Waals surface area (Å²) in [4.78, 5) is 4.35. The van der Waals surface area contributed by atoms with E-state index in [0.717, 1.165) is 12.2 Å². The third-order valence-corrected chi connectivity index (χ3v) is 6.61. The number of sulfonamides is 1. The van der Waals surface area contributed by atoms with Crippen molar-refractivity contribution in [2.24, 2.45) is 7.05 Å². The summed E-state index contributed by atoms with van der Waals surface area (Å²) in [6, 6.07) is 2.09. The van der Waals surface area contributed by atoms with E-state index in [1.807, 2.05) is 30.8 Å². The second-order valence-corrected chi connectivity index (χ2v) is 8.77. The fourth-order valence-corrected chi connectivity index (χ4v) is 5.20. The summed E-state index contributed by atoms with van der Waals surface area (Å²) in [6.07, 6.45) is 2.50. The first-order valence-corrected chi connectivity index (χ1v) is 9.83. The van der Waals surface area contributed by atoms with Crippen molar-refractivity contribution in [2.75, 3.05) is 13.1 Å². The van der Waals surface area contributed by atoms with E-state index in [-0.39, 0.29) is 10.9 Å². The molecular weight excluding hydrogens is 318 g/mol. The zero-order valence-corrected chi connectivity index (χ0v) is 14.7. The van der Waals surface area contributed by atoms with E-state index in [1.165, 1.54) is 5.56 Å². The van der Waals surface area contributed by atoms with Crippen molar-refractivity contribution in [3.05, 3.63) is 34.4 Å². The van der Waals surface area contributed by atoms with Gasteiger partial charge in [0.15, 0.2) is 5.03 Å². The molecular formula is C15H21N3O2S2. The topological polar surface area (TPSA) is 55.2 Å². The van der Waals surface area contributed by atoms with Crippen LogP contribution in [0.2, 0.25) is 0 Å². The van der Waals surface area contributed by atoms with Crippen LogP contribution in [0.1, 0.15) is 43.5 Å². The van der Waals surface area contributed by atoms with Gasteiger partial charge in [-0.15, -0.1) is 0 Å². The van der Waals surface area contributed by atoms with E-state index in [0.29, 0.717) is 19.0 Å². The number of thiophene rings is 1. The molecule has 2 aromatic rings. The molecule has 1 aliphatic heterocycles. The molecule has 0 radical (unpaired) electrons. The maximum atomic E-state index is 12.8. The molecule has 3 rings (SSSR count). The van der Waals surface area contributed by atoms with Crippen molar-refractivity contribution in [3.63, 3.8) is 0 Å². The smallest absolute Gasteiger partial charge is 0.262 e. The van der Waals surface area contributed by atoms with Gasteiger partial charge in [-0.3, -0.25) is 0 Å². The molecule has 22 heavy (non-hydrogen) atoms. The van der Waals surface area contributed by atoms with Gasteiger partial charge in [0.25, 0.3) is 10.0 Å². The Labute approximate surface area is 135 Å². The molecule has 2 aromatic heterocycles. The maximum absolute atomic E-state index is 12.8. The van der Waals surface area contributed by atoms with Crippen LogP contribution in [0.15, 0.2) is 28.0 Å². The molecule has 0 aromatic carbocycles. The molecule has 0 bridgehead atoms. The summed E-state index contributed by atoms with van der Waals surface area (Å²) in [5.74, 6) is 1.30. The molecule has 3 heterocycles. The minimum Gasteiger partial charge on any atom is -0.336 e. The summed E-state index contributed by atoms with van der Waals surface area (Å²) in [5, 5.41) is 4.32. The van der Waals surface area contributed by atoms with Gasteiger partial charge in [0.2, 0.25) is 0 Å². The van der Waals surface area contributed by atoms with Crippen LogP contribution in [0.25, 0.3) is 0 Å². The normalized spacial score (nSPS) is 20.1. The van der Waals surface area contributed by atoms with Crippen LogP contribution in [0.4, 0.5) is 0 Å².